The van der Waals surface area contributed by atoms with E-state index >= 15 is 0 Å². The van der Waals surface area contributed by atoms with Crippen LogP contribution in [0.4, 0.5) is 0 Å². The fraction of sp³-hybridized carbons (Fsp3) is 0.698. The van der Waals surface area contributed by atoms with Crippen molar-refractivity contribution in [3.8, 4) is 0 Å². The fourth-order valence-electron chi connectivity index (χ4n) is 10.7. The van der Waals surface area contributed by atoms with E-state index in [-0.39, 0.29) is 0 Å². The summed E-state index contributed by atoms with van der Waals surface area (Å²) in [7, 11) is 1.98. The average molecular weight is 759 g/mol. The van der Waals surface area contributed by atoms with Crippen molar-refractivity contribution in [2.45, 2.75) is 133 Å². The summed E-state index contributed by atoms with van der Waals surface area (Å²) in [4.78, 5) is 36.2. The monoisotopic (exact) mass is 758 g/mol. The molecule has 53 heavy (non-hydrogen) atoms. The number of thiophene rings is 2. The third-order valence-electron chi connectivity index (χ3n) is 13.6. The van der Waals surface area contributed by atoms with Gasteiger partial charge in [-0.25, -0.2) is 0 Å². The van der Waals surface area contributed by atoms with E-state index in [9.17, 15) is 9.59 Å². The summed E-state index contributed by atoms with van der Waals surface area (Å²) in [6.45, 7) is 7.39. The van der Waals surface area contributed by atoms with E-state index in [1.807, 2.05) is 17.9 Å². The summed E-state index contributed by atoms with van der Waals surface area (Å²) < 4.78 is 1.88. The Kier molecular flexibility index (Phi) is 12.4. The Morgan fingerprint density at radius 1 is 0.679 bits per heavy atom. The predicted molar refractivity (Wildman–Crippen MR) is 216 cm³/mol. The van der Waals surface area contributed by atoms with Gasteiger partial charge in [0, 0.05) is 71.0 Å². The third-order valence-corrected chi connectivity index (χ3v) is 15.8. The van der Waals surface area contributed by atoms with Gasteiger partial charge in [0.1, 0.15) is 0 Å². The quantitative estimate of drug-likeness (QED) is 0.273. The number of likely N-dealkylation sites (tertiary alicyclic amines) is 3. The van der Waals surface area contributed by atoms with Gasteiger partial charge in [0.25, 0.3) is 11.8 Å². The second-order valence-corrected chi connectivity index (χ2v) is 19.0. The zero-order chi connectivity index (χ0) is 36.1. The molecular formula is C43H62N6O2S2. The van der Waals surface area contributed by atoms with Crippen LogP contribution < -0.4 is 5.32 Å². The molecule has 0 aromatic carbocycles. The van der Waals surface area contributed by atoms with Gasteiger partial charge in [-0.2, -0.15) is 5.10 Å². The Balaban J connectivity index is 0.000000156. The van der Waals surface area contributed by atoms with Crippen molar-refractivity contribution in [3.05, 3.63) is 61.7 Å². The molecule has 3 aromatic heterocycles. The number of amides is 2. The first-order valence-electron chi connectivity index (χ1n) is 21.2. The third kappa shape index (κ3) is 8.81. The number of hydrogen-bond donors (Lipinski definition) is 1. The number of nitrogens with one attached hydrogen (secondary N) is 1. The predicted octanol–water partition coefficient (Wildman–Crippen LogP) is 8.67. The number of piperidine rings is 4. The standard InChI is InChI=1S/C24H34N4OS.C19H28N2OS/c1-26-15-18(14-25-26)16-27-11-8-20(9-12-27)23-13-21(17-30-23)24(29)28-10-4-6-19-5-2-3-7-22(19)28;22-19(21-11-3-5-14-4-1-2-6-17(14)21)16-12-18(23-13-16)15-7-9-20-10-8-15/h13-15,17,19-20,22H,2-12,16H2,1H3;12-15,17,20H,1-11H2. The Labute approximate surface area is 325 Å². The molecule has 2 saturated carbocycles. The summed E-state index contributed by atoms with van der Waals surface area (Å²) in [5, 5.41) is 12.0. The van der Waals surface area contributed by atoms with Crippen LogP contribution in [0.3, 0.4) is 0 Å². The molecule has 8 nitrogen and oxygen atoms in total. The van der Waals surface area contributed by atoms with Gasteiger partial charge in [-0.3, -0.25) is 19.2 Å². The molecule has 0 radical (unpaired) electrons. The second-order valence-electron chi connectivity index (χ2n) is 17.1. The highest BCUT2D eigenvalue weighted by molar-refractivity contribution is 7.10. The Morgan fingerprint density at radius 3 is 1.72 bits per heavy atom. The largest absolute Gasteiger partial charge is 0.335 e. The molecule has 288 valence electrons. The van der Waals surface area contributed by atoms with Crippen LogP contribution in [0, 0.1) is 11.8 Å². The zero-order valence-corrected chi connectivity index (χ0v) is 33.7. The number of aryl methyl sites for hydroxylation is 1. The van der Waals surface area contributed by atoms with Gasteiger partial charge in [-0.15, -0.1) is 22.7 Å². The number of nitrogens with zero attached hydrogens (tertiary/aromatic N) is 5. The number of hydrogen-bond acceptors (Lipinski definition) is 7. The molecule has 3 aromatic rings. The van der Waals surface area contributed by atoms with Crippen molar-refractivity contribution >= 4 is 34.5 Å². The molecule has 9 rings (SSSR count). The van der Waals surface area contributed by atoms with Gasteiger partial charge in [-0.05, 0) is 139 Å². The number of aromatic nitrogens is 2. The van der Waals surface area contributed by atoms with E-state index in [2.05, 4.69) is 54.2 Å². The van der Waals surface area contributed by atoms with Gasteiger partial charge in [0.2, 0.25) is 0 Å². The summed E-state index contributed by atoms with van der Waals surface area (Å²) in [5.41, 5.74) is 3.19. The first-order chi connectivity index (χ1) is 26.0. The van der Waals surface area contributed by atoms with Gasteiger partial charge in [-0.1, -0.05) is 25.7 Å². The highest BCUT2D eigenvalue weighted by atomic mass is 32.1. The van der Waals surface area contributed by atoms with Crippen LogP contribution in [-0.4, -0.2) is 87.6 Å². The lowest BCUT2D eigenvalue weighted by atomic mass is 9.78. The van der Waals surface area contributed by atoms with E-state index in [1.54, 1.807) is 22.7 Å². The molecule has 4 aliphatic heterocycles. The topological polar surface area (TPSA) is 73.7 Å². The first-order valence-corrected chi connectivity index (χ1v) is 23.0. The molecule has 6 aliphatic rings. The SMILES string of the molecule is Cn1cc(CN2CCC(c3cc(C(=O)N4CCCC5CCCCC54)cs3)CC2)cn1.O=C(c1csc(C2CCNCC2)c1)N1CCCC2CCCCC21. The van der Waals surface area contributed by atoms with Crippen molar-refractivity contribution in [1.29, 1.82) is 0 Å². The average Bonchev–Trinajstić information content (AvgIpc) is 4.00. The van der Waals surface area contributed by atoms with Gasteiger partial charge in [0.15, 0.2) is 0 Å². The van der Waals surface area contributed by atoms with Crippen molar-refractivity contribution in [2.24, 2.45) is 18.9 Å². The lowest BCUT2D eigenvalue weighted by Crippen LogP contribution is -2.49. The van der Waals surface area contributed by atoms with Gasteiger partial charge >= 0.3 is 0 Å². The molecule has 4 unspecified atom stereocenters. The van der Waals surface area contributed by atoms with Crippen LogP contribution in [0.15, 0.2) is 35.3 Å². The number of fused-ring (bicyclic) bond motifs is 2. The highest BCUT2D eigenvalue weighted by Gasteiger charge is 2.38. The molecule has 1 N–H and O–H groups in total. The lowest BCUT2D eigenvalue weighted by Gasteiger charge is -2.44. The minimum atomic E-state index is 0.295. The van der Waals surface area contributed by atoms with E-state index in [0.717, 1.165) is 68.8 Å². The molecule has 4 saturated heterocycles. The maximum absolute atomic E-state index is 13.3. The Hall–Kier alpha value is -2.53. The molecule has 10 heteroatoms. The normalized spacial score (nSPS) is 27.4. The van der Waals surface area contributed by atoms with Crippen LogP contribution in [0.1, 0.15) is 151 Å². The van der Waals surface area contributed by atoms with Crippen molar-refractivity contribution in [2.75, 3.05) is 39.3 Å². The molecule has 0 spiro atoms. The van der Waals surface area contributed by atoms with Crippen molar-refractivity contribution in [1.82, 2.24) is 29.8 Å². The molecule has 7 heterocycles. The molecule has 2 aliphatic carbocycles. The smallest absolute Gasteiger partial charge is 0.254 e. The number of carbonyl (C=O) groups excluding carboxylic acids is 2. The summed E-state index contributed by atoms with van der Waals surface area (Å²) in [5.74, 6) is 3.38. The van der Waals surface area contributed by atoms with Gasteiger partial charge < -0.3 is 15.1 Å². The number of rotatable bonds is 6. The Morgan fingerprint density at radius 2 is 1.19 bits per heavy atom. The minimum Gasteiger partial charge on any atom is -0.335 e. The first kappa shape index (κ1) is 37.4. The lowest BCUT2D eigenvalue weighted by molar-refractivity contribution is 0.0386. The van der Waals surface area contributed by atoms with Crippen molar-refractivity contribution < 1.29 is 9.59 Å². The van der Waals surface area contributed by atoms with E-state index in [0.29, 0.717) is 35.7 Å². The molecule has 2 amide bonds. The van der Waals surface area contributed by atoms with E-state index < -0.39 is 0 Å². The Bertz CT molecular complexity index is 1650. The fourth-order valence-corrected chi connectivity index (χ4v) is 12.8. The maximum atomic E-state index is 13.3. The van der Waals surface area contributed by atoms with Crippen LogP contribution in [-0.2, 0) is 13.6 Å². The summed E-state index contributed by atoms with van der Waals surface area (Å²) >= 11 is 3.61. The second kappa shape index (κ2) is 17.5. The van der Waals surface area contributed by atoms with Crippen LogP contribution in [0.5, 0.6) is 0 Å². The number of carbonyl (C=O) groups is 2. The minimum absolute atomic E-state index is 0.295. The zero-order valence-electron chi connectivity index (χ0n) is 32.1. The summed E-state index contributed by atoms with van der Waals surface area (Å²) in [6.07, 6.45) is 24.3. The summed E-state index contributed by atoms with van der Waals surface area (Å²) in [6, 6.07) is 5.45. The molecule has 4 atom stereocenters. The highest BCUT2D eigenvalue weighted by Crippen LogP contribution is 2.39. The molecule has 0 bridgehead atoms. The van der Waals surface area contributed by atoms with Crippen LogP contribution >= 0.6 is 22.7 Å². The molecular weight excluding hydrogens is 697 g/mol. The van der Waals surface area contributed by atoms with E-state index in [1.165, 1.54) is 118 Å². The van der Waals surface area contributed by atoms with Crippen LogP contribution in [0.2, 0.25) is 0 Å². The molecule has 6 fully saturated rings. The van der Waals surface area contributed by atoms with E-state index in [4.69, 9.17) is 0 Å². The maximum Gasteiger partial charge on any atom is 0.254 e. The van der Waals surface area contributed by atoms with Crippen LogP contribution in [0.25, 0.3) is 0 Å². The van der Waals surface area contributed by atoms with Gasteiger partial charge in [0.05, 0.1) is 17.3 Å². The van der Waals surface area contributed by atoms with Crippen molar-refractivity contribution in [3.63, 3.8) is 0 Å².